The normalized spacial score (nSPS) is 16.0. The van der Waals surface area contributed by atoms with Crippen molar-refractivity contribution in [2.45, 2.75) is 26.2 Å². The smallest absolute Gasteiger partial charge is 0.238 e. The van der Waals surface area contributed by atoms with Gasteiger partial charge in [0.1, 0.15) is 6.07 Å². The van der Waals surface area contributed by atoms with Gasteiger partial charge in [0.25, 0.3) is 0 Å². The number of nitrogens with one attached hydrogen (secondary N) is 1. The Labute approximate surface area is 165 Å². The van der Waals surface area contributed by atoms with Gasteiger partial charge in [0.15, 0.2) is 0 Å². The summed E-state index contributed by atoms with van der Waals surface area (Å²) in [6, 6.07) is 6.69. The molecule has 7 nitrogen and oxygen atoms in total. The van der Waals surface area contributed by atoms with E-state index in [-0.39, 0.29) is 23.2 Å². The number of unbranched alkanes of at least 4 members (excludes halogenated alkanes) is 2. The molecule has 0 aromatic heterocycles. The first kappa shape index (κ1) is 21.6. The van der Waals surface area contributed by atoms with Crippen molar-refractivity contribution in [2.75, 3.05) is 43.8 Å². The van der Waals surface area contributed by atoms with Crippen LogP contribution < -0.4 is 5.32 Å². The van der Waals surface area contributed by atoms with E-state index >= 15 is 0 Å². The van der Waals surface area contributed by atoms with Crippen molar-refractivity contribution in [1.82, 2.24) is 9.21 Å². The Balaban J connectivity index is 1.80. The van der Waals surface area contributed by atoms with Gasteiger partial charge in [-0.25, -0.2) is 8.42 Å². The van der Waals surface area contributed by atoms with Crippen LogP contribution in [-0.4, -0.2) is 62.0 Å². The highest BCUT2D eigenvalue weighted by Crippen LogP contribution is 2.20. The van der Waals surface area contributed by atoms with Crippen molar-refractivity contribution in [3.05, 3.63) is 28.8 Å². The van der Waals surface area contributed by atoms with Crippen molar-refractivity contribution in [3.63, 3.8) is 0 Å². The van der Waals surface area contributed by atoms with Crippen molar-refractivity contribution in [1.29, 1.82) is 5.26 Å². The standard InChI is InChI=1S/C18H25ClN4O3S/c1-2-3-4-11-27(25,26)23-9-7-22(8-10-23)14-18(24)21-16-6-5-15(13-20)17(19)12-16/h5-6,12H,2-4,7-11,14H2,1H3,(H,21,24). The zero-order valence-corrected chi connectivity index (χ0v) is 17.0. The fourth-order valence-corrected chi connectivity index (χ4v) is 4.69. The molecular formula is C18H25ClN4O3S. The Hall–Kier alpha value is -1.66. The van der Waals surface area contributed by atoms with E-state index in [9.17, 15) is 13.2 Å². The molecule has 1 aliphatic rings. The summed E-state index contributed by atoms with van der Waals surface area (Å²) in [5, 5.41) is 11.9. The number of benzene rings is 1. The number of halogens is 1. The minimum atomic E-state index is -3.20. The lowest BCUT2D eigenvalue weighted by Crippen LogP contribution is -2.50. The summed E-state index contributed by atoms with van der Waals surface area (Å²) in [6.45, 7) is 4.08. The predicted molar refractivity (Wildman–Crippen MR) is 106 cm³/mol. The van der Waals surface area contributed by atoms with Crippen LogP contribution in [0.15, 0.2) is 18.2 Å². The molecule has 148 valence electrons. The fourth-order valence-electron chi connectivity index (χ4n) is 2.92. The second kappa shape index (κ2) is 10.0. The van der Waals surface area contributed by atoms with Gasteiger partial charge in [-0.3, -0.25) is 9.69 Å². The monoisotopic (exact) mass is 412 g/mol. The van der Waals surface area contributed by atoms with Crippen LogP contribution in [0.4, 0.5) is 5.69 Å². The molecule has 1 heterocycles. The molecule has 1 aromatic rings. The maximum Gasteiger partial charge on any atom is 0.238 e. The summed E-state index contributed by atoms with van der Waals surface area (Å²) < 4.78 is 26.1. The Kier molecular flexibility index (Phi) is 8.05. The lowest BCUT2D eigenvalue weighted by molar-refractivity contribution is -0.117. The lowest BCUT2D eigenvalue weighted by Gasteiger charge is -2.33. The van der Waals surface area contributed by atoms with Crippen molar-refractivity contribution in [2.24, 2.45) is 0 Å². The Morgan fingerprint density at radius 1 is 1.26 bits per heavy atom. The first-order chi connectivity index (χ1) is 12.9. The summed E-state index contributed by atoms with van der Waals surface area (Å²) >= 11 is 5.96. The third-order valence-electron chi connectivity index (χ3n) is 4.47. The molecular weight excluding hydrogens is 388 g/mol. The number of amides is 1. The van der Waals surface area contributed by atoms with Crippen molar-refractivity contribution < 1.29 is 13.2 Å². The van der Waals surface area contributed by atoms with Gasteiger partial charge in [-0.2, -0.15) is 9.57 Å². The molecule has 27 heavy (non-hydrogen) atoms. The number of nitrogens with zero attached hydrogens (tertiary/aromatic N) is 3. The molecule has 0 unspecified atom stereocenters. The van der Waals surface area contributed by atoms with Crippen LogP contribution >= 0.6 is 11.6 Å². The fraction of sp³-hybridized carbons (Fsp3) is 0.556. The topological polar surface area (TPSA) is 93.5 Å². The zero-order chi connectivity index (χ0) is 19.9. The molecule has 0 spiro atoms. The number of carbonyl (C=O) groups is 1. The van der Waals surface area contributed by atoms with Crippen LogP contribution in [0.5, 0.6) is 0 Å². The molecule has 1 fully saturated rings. The average molecular weight is 413 g/mol. The summed E-state index contributed by atoms with van der Waals surface area (Å²) in [6.07, 6.45) is 2.59. The summed E-state index contributed by atoms with van der Waals surface area (Å²) in [5.74, 6) is -0.00383. The maximum atomic E-state index is 12.3. The summed E-state index contributed by atoms with van der Waals surface area (Å²) in [7, 11) is -3.20. The van der Waals surface area contributed by atoms with E-state index in [4.69, 9.17) is 16.9 Å². The zero-order valence-electron chi connectivity index (χ0n) is 15.4. The van der Waals surface area contributed by atoms with Gasteiger partial charge in [0.05, 0.1) is 22.9 Å². The van der Waals surface area contributed by atoms with Gasteiger partial charge in [0, 0.05) is 31.9 Å². The van der Waals surface area contributed by atoms with Crippen LogP contribution in [0.2, 0.25) is 5.02 Å². The van der Waals surface area contributed by atoms with E-state index in [0.717, 1.165) is 12.8 Å². The number of nitriles is 1. The molecule has 0 radical (unpaired) electrons. The van der Waals surface area contributed by atoms with Crippen LogP contribution in [0.1, 0.15) is 31.7 Å². The minimum Gasteiger partial charge on any atom is -0.325 e. The van der Waals surface area contributed by atoms with Gasteiger partial charge in [0.2, 0.25) is 15.9 Å². The highest BCUT2D eigenvalue weighted by atomic mass is 35.5. The second-order valence-corrected chi connectivity index (χ2v) is 9.05. The van der Waals surface area contributed by atoms with Crippen molar-refractivity contribution >= 4 is 33.2 Å². The molecule has 1 aliphatic heterocycles. The maximum absolute atomic E-state index is 12.3. The number of rotatable bonds is 8. The van der Waals surface area contributed by atoms with E-state index < -0.39 is 10.0 Å². The van der Waals surface area contributed by atoms with Gasteiger partial charge in [-0.15, -0.1) is 0 Å². The van der Waals surface area contributed by atoms with Crippen LogP contribution in [0.25, 0.3) is 0 Å². The number of hydrogen-bond donors (Lipinski definition) is 1. The quantitative estimate of drug-likeness (QED) is 0.661. The van der Waals surface area contributed by atoms with Crippen molar-refractivity contribution in [3.8, 4) is 6.07 Å². The highest BCUT2D eigenvalue weighted by molar-refractivity contribution is 7.89. The largest absolute Gasteiger partial charge is 0.325 e. The molecule has 1 amide bonds. The molecule has 0 saturated carbocycles. The lowest BCUT2D eigenvalue weighted by atomic mass is 10.2. The third kappa shape index (κ3) is 6.47. The first-order valence-corrected chi connectivity index (χ1v) is 11.0. The molecule has 9 heteroatoms. The Bertz CT molecular complexity index is 799. The van der Waals surface area contributed by atoms with Gasteiger partial charge in [-0.1, -0.05) is 31.4 Å². The van der Waals surface area contributed by atoms with Crippen LogP contribution in [0.3, 0.4) is 0 Å². The van der Waals surface area contributed by atoms with E-state index in [0.29, 0.717) is 43.9 Å². The third-order valence-corrected chi connectivity index (χ3v) is 6.74. The van der Waals surface area contributed by atoms with E-state index in [2.05, 4.69) is 5.32 Å². The molecule has 0 bridgehead atoms. The number of piperazine rings is 1. The second-order valence-electron chi connectivity index (χ2n) is 6.55. The van der Waals surface area contributed by atoms with Gasteiger partial charge >= 0.3 is 0 Å². The van der Waals surface area contributed by atoms with E-state index in [1.54, 1.807) is 18.2 Å². The molecule has 1 N–H and O–H groups in total. The van der Waals surface area contributed by atoms with E-state index in [1.165, 1.54) is 4.31 Å². The number of hydrogen-bond acceptors (Lipinski definition) is 5. The molecule has 1 saturated heterocycles. The number of carbonyl (C=O) groups excluding carboxylic acids is 1. The van der Waals surface area contributed by atoms with Crippen LogP contribution in [-0.2, 0) is 14.8 Å². The summed E-state index contributed by atoms with van der Waals surface area (Å²) in [4.78, 5) is 14.1. The molecule has 0 atom stereocenters. The molecule has 1 aromatic carbocycles. The van der Waals surface area contributed by atoms with Gasteiger partial charge in [-0.05, 0) is 24.6 Å². The molecule has 2 rings (SSSR count). The predicted octanol–water partition coefficient (Wildman–Crippen LogP) is 2.29. The number of anilines is 1. The van der Waals surface area contributed by atoms with Gasteiger partial charge < -0.3 is 5.32 Å². The number of sulfonamides is 1. The van der Waals surface area contributed by atoms with E-state index in [1.807, 2.05) is 17.9 Å². The highest BCUT2D eigenvalue weighted by Gasteiger charge is 2.27. The Morgan fingerprint density at radius 2 is 1.96 bits per heavy atom. The SMILES string of the molecule is CCCCCS(=O)(=O)N1CCN(CC(=O)Nc2ccc(C#N)c(Cl)c2)CC1. The first-order valence-electron chi connectivity index (χ1n) is 9.05. The molecule has 0 aliphatic carbocycles. The Morgan fingerprint density at radius 3 is 2.56 bits per heavy atom. The average Bonchev–Trinajstić information content (AvgIpc) is 2.62. The summed E-state index contributed by atoms with van der Waals surface area (Å²) in [5.41, 5.74) is 0.882. The van der Waals surface area contributed by atoms with Crippen LogP contribution in [0, 0.1) is 11.3 Å². The minimum absolute atomic E-state index is 0.182.